The Bertz CT molecular complexity index is 732. The molecule has 2 bridgehead atoms. The molecule has 0 saturated heterocycles. The molecule has 0 aliphatic heterocycles. The van der Waals surface area contributed by atoms with Gasteiger partial charge in [0.05, 0.1) is 5.41 Å². The average Bonchev–Trinajstić information content (AvgIpc) is 3.18. The fourth-order valence-electron chi connectivity index (χ4n) is 5.26. The fourth-order valence-corrected chi connectivity index (χ4v) is 5.47. The van der Waals surface area contributed by atoms with Gasteiger partial charge in [-0.2, -0.15) is 0 Å². The predicted octanol–water partition coefficient (Wildman–Crippen LogP) is 4.60. The van der Waals surface area contributed by atoms with E-state index < -0.39 is 11.4 Å². The summed E-state index contributed by atoms with van der Waals surface area (Å²) in [7, 11) is 0. The van der Waals surface area contributed by atoms with Crippen LogP contribution in [0.1, 0.15) is 50.5 Å². The molecule has 1 aromatic carbocycles. The van der Waals surface area contributed by atoms with Crippen molar-refractivity contribution < 1.29 is 14.7 Å². The number of aryl methyl sites for hydroxylation is 1. The van der Waals surface area contributed by atoms with Crippen molar-refractivity contribution in [1.29, 1.82) is 0 Å². The Kier molecular flexibility index (Phi) is 6.25. The number of carbonyl (C=O) groups excluding carboxylic acids is 1. The van der Waals surface area contributed by atoms with E-state index in [1.807, 2.05) is 18.2 Å². The fraction of sp³-hybridized carbons (Fsp3) is 0.545. The lowest BCUT2D eigenvalue weighted by Gasteiger charge is -2.35. The van der Waals surface area contributed by atoms with Crippen molar-refractivity contribution in [1.82, 2.24) is 0 Å². The predicted molar refractivity (Wildman–Crippen MR) is 106 cm³/mol. The molecule has 1 aromatic rings. The summed E-state index contributed by atoms with van der Waals surface area (Å²) >= 11 is 6.10. The Balaban J connectivity index is 1.69. The second kappa shape index (κ2) is 8.47. The third-order valence-corrected chi connectivity index (χ3v) is 6.78. The molecule has 146 valence electrons. The molecule has 4 unspecified atom stereocenters. The lowest BCUT2D eigenvalue weighted by atomic mass is 9.68. The summed E-state index contributed by atoms with van der Waals surface area (Å²) < 4.78 is 0. The SMILES string of the molecule is NC(=O)C12CCC(C1)C(CCc1cccc(Cl)c1)C2C=CCCCC(=O)O. The second-order valence-electron chi connectivity index (χ2n) is 8.10. The Morgan fingerprint density at radius 3 is 2.89 bits per heavy atom. The van der Waals surface area contributed by atoms with Crippen molar-refractivity contribution in [2.45, 2.75) is 51.4 Å². The van der Waals surface area contributed by atoms with E-state index in [-0.39, 0.29) is 18.2 Å². The number of hydrogen-bond acceptors (Lipinski definition) is 2. The number of carbonyl (C=O) groups is 2. The van der Waals surface area contributed by atoms with E-state index in [2.05, 4.69) is 18.2 Å². The molecule has 1 amide bonds. The molecule has 3 N–H and O–H groups in total. The van der Waals surface area contributed by atoms with Gasteiger partial charge in [0.25, 0.3) is 0 Å². The Labute approximate surface area is 165 Å². The van der Waals surface area contributed by atoms with Gasteiger partial charge in [0.1, 0.15) is 0 Å². The monoisotopic (exact) mass is 389 g/mol. The summed E-state index contributed by atoms with van der Waals surface area (Å²) in [6, 6.07) is 7.96. The van der Waals surface area contributed by atoms with Crippen LogP contribution in [0.2, 0.25) is 5.02 Å². The number of fused-ring (bicyclic) bond motifs is 2. The maximum absolute atomic E-state index is 12.3. The highest BCUT2D eigenvalue weighted by atomic mass is 35.5. The summed E-state index contributed by atoms with van der Waals surface area (Å²) in [5.41, 5.74) is 6.67. The van der Waals surface area contributed by atoms with Gasteiger partial charge in [-0.1, -0.05) is 35.9 Å². The summed E-state index contributed by atoms with van der Waals surface area (Å²) in [5, 5.41) is 9.52. The zero-order valence-electron chi connectivity index (χ0n) is 15.6. The van der Waals surface area contributed by atoms with E-state index >= 15 is 0 Å². The first-order valence-corrected chi connectivity index (χ1v) is 10.2. The first kappa shape index (κ1) is 19.9. The first-order chi connectivity index (χ1) is 12.9. The van der Waals surface area contributed by atoms with Crippen molar-refractivity contribution in [3.05, 3.63) is 47.0 Å². The van der Waals surface area contributed by atoms with E-state index in [4.69, 9.17) is 22.4 Å². The van der Waals surface area contributed by atoms with Crippen LogP contribution >= 0.6 is 11.6 Å². The van der Waals surface area contributed by atoms with Gasteiger partial charge in [-0.05, 0) is 80.4 Å². The van der Waals surface area contributed by atoms with Gasteiger partial charge in [0.2, 0.25) is 5.91 Å². The highest BCUT2D eigenvalue weighted by Gasteiger charge is 2.59. The van der Waals surface area contributed by atoms with Crippen LogP contribution in [0.3, 0.4) is 0 Å². The molecule has 2 aliphatic carbocycles. The highest BCUT2D eigenvalue weighted by molar-refractivity contribution is 6.30. The van der Waals surface area contributed by atoms with Gasteiger partial charge in [-0.15, -0.1) is 0 Å². The number of halogens is 1. The van der Waals surface area contributed by atoms with Crippen molar-refractivity contribution in [3.63, 3.8) is 0 Å². The third-order valence-electron chi connectivity index (χ3n) is 6.54. The summed E-state index contributed by atoms with van der Waals surface area (Å²) in [5.74, 6) is 0.218. The van der Waals surface area contributed by atoms with Gasteiger partial charge in [0, 0.05) is 11.4 Å². The summed E-state index contributed by atoms with van der Waals surface area (Å²) in [6.07, 6.45) is 10.6. The number of carboxylic acids is 1. The quantitative estimate of drug-likeness (QED) is 0.478. The molecule has 4 nitrogen and oxygen atoms in total. The van der Waals surface area contributed by atoms with Crippen LogP contribution in [0, 0.1) is 23.2 Å². The van der Waals surface area contributed by atoms with E-state index in [1.165, 1.54) is 5.56 Å². The molecule has 2 aliphatic rings. The van der Waals surface area contributed by atoms with E-state index in [0.717, 1.165) is 43.5 Å². The molecule has 2 fully saturated rings. The number of primary amides is 1. The average molecular weight is 390 g/mol. The molecular formula is C22H28ClNO3. The number of amides is 1. The van der Waals surface area contributed by atoms with Gasteiger partial charge < -0.3 is 10.8 Å². The minimum Gasteiger partial charge on any atom is -0.481 e. The number of allylic oxidation sites excluding steroid dienone is 2. The number of rotatable bonds is 9. The normalized spacial score (nSPS) is 29.4. The Morgan fingerprint density at radius 1 is 1.37 bits per heavy atom. The van der Waals surface area contributed by atoms with E-state index in [1.54, 1.807) is 0 Å². The molecule has 0 heterocycles. The molecule has 3 rings (SSSR count). The Morgan fingerprint density at radius 2 is 2.19 bits per heavy atom. The molecule has 0 radical (unpaired) electrons. The largest absolute Gasteiger partial charge is 0.481 e. The number of nitrogens with two attached hydrogens (primary N) is 1. The zero-order chi connectivity index (χ0) is 19.4. The molecule has 0 aromatic heterocycles. The molecule has 27 heavy (non-hydrogen) atoms. The zero-order valence-corrected chi connectivity index (χ0v) is 16.3. The molecule has 0 spiro atoms. The number of unbranched alkanes of at least 4 members (excludes halogenated alkanes) is 1. The van der Waals surface area contributed by atoms with Gasteiger partial charge >= 0.3 is 5.97 Å². The highest BCUT2D eigenvalue weighted by Crippen LogP contribution is 2.62. The summed E-state index contributed by atoms with van der Waals surface area (Å²) in [6.45, 7) is 0. The second-order valence-corrected chi connectivity index (χ2v) is 8.53. The molecule has 5 heteroatoms. The van der Waals surface area contributed by atoms with Crippen molar-refractivity contribution >= 4 is 23.5 Å². The van der Waals surface area contributed by atoms with Crippen molar-refractivity contribution in [3.8, 4) is 0 Å². The van der Waals surface area contributed by atoms with Crippen molar-refractivity contribution in [2.75, 3.05) is 0 Å². The molecule has 4 atom stereocenters. The standard InChI is InChI=1S/C22H28ClNO3/c23-17-6-4-5-15(13-17)9-10-18-16-11-12-22(14-16,21(24)27)19(18)7-2-1-3-8-20(25)26/h2,4-7,13,16,18-19H,1,3,8-12,14H2,(H2,24,27)(H,25,26). The van der Waals surface area contributed by atoms with Crippen molar-refractivity contribution in [2.24, 2.45) is 28.9 Å². The van der Waals surface area contributed by atoms with Crippen LogP contribution < -0.4 is 5.73 Å². The van der Waals surface area contributed by atoms with Crippen LogP contribution in [-0.2, 0) is 16.0 Å². The number of aliphatic carboxylic acids is 1. The topological polar surface area (TPSA) is 80.4 Å². The minimum atomic E-state index is -0.767. The Hall–Kier alpha value is -1.81. The van der Waals surface area contributed by atoms with Crippen LogP contribution in [0.5, 0.6) is 0 Å². The summed E-state index contributed by atoms with van der Waals surface area (Å²) in [4.78, 5) is 23.0. The lowest BCUT2D eigenvalue weighted by molar-refractivity contribution is -0.137. The number of benzene rings is 1. The van der Waals surface area contributed by atoms with E-state index in [9.17, 15) is 9.59 Å². The van der Waals surface area contributed by atoms with Crippen LogP contribution in [0.4, 0.5) is 0 Å². The number of hydrogen-bond donors (Lipinski definition) is 2. The van der Waals surface area contributed by atoms with Crippen LogP contribution in [0.25, 0.3) is 0 Å². The maximum Gasteiger partial charge on any atom is 0.303 e. The van der Waals surface area contributed by atoms with Gasteiger partial charge in [0.15, 0.2) is 0 Å². The molecular weight excluding hydrogens is 362 g/mol. The lowest BCUT2D eigenvalue weighted by Crippen LogP contribution is -2.41. The van der Waals surface area contributed by atoms with E-state index in [0.29, 0.717) is 18.3 Å². The number of carboxylic acid groups (broad SMARTS) is 1. The van der Waals surface area contributed by atoms with Gasteiger partial charge in [-0.3, -0.25) is 9.59 Å². The van der Waals surface area contributed by atoms with Gasteiger partial charge in [-0.25, -0.2) is 0 Å². The minimum absolute atomic E-state index is 0.165. The van der Waals surface area contributed by atoms with Crippen LogP contribution in [0.15, 0.2) is 36.4 Å². The maximum atomic E-state index is 12.3. The molecule has 2 saturated carbocycles. The van der Waals surface area contributed by atoms with Crippen LogP contribution in [-0.4, -0.2) is 17.0 Å². The third kappa shape index (κ3) is 4.37. The smallest absolute Gasteiger partial charge is 0.303 e. The first-order valence-electron chi connectivity index (χ1n) is 9.85.